The Kier molecular flexibility index (Phi) is 12.7. The fraction of sp³-hybridized carbons (Fsp3) is 0. The van der Waals surface area contributed by atoms with Crippen LogP contribution < -0.4 is 0 Å². The average molecular weight is 129 g/mol. The van der Waals surface area contributed by atoms with Gasteiger partial charge in [0.15, 0.2) is 0 Å². The first kappa shape index (κ1) is 15.8. The van der Waals surface area contributed by atoms with Crippen LogP contribution in [0, 0.1) is 0 Å². The maximum absolute atomic E-state index is 8.88. The minimum absolute atomic E-state index is 0. The van der Waals surface area contributed by atoms with Gasteiger partial charge in [-0.25, -0.2) is 4.57 Å². The van der Waals surface area contributed by atoms with Crippen molar-refractivity contribution in [1.82, 2.24) is 0 Å². The van der Waals surface area contributed by atoms with Crippen LogP contribution in [0.2, 0.25) is 0 Å². The minimum atomic E-state index is -4.64. The third-order valence-corrected chi connectivity index (χ3v) is 0. The molecule has 7 heavy (non-hydrogen) atoms. The SMILES string of the molecule is O=P(O)(O)O.[Li].[Mg]. The molecule has 3 radical (unpaired) electrons. The van der Waals surface area contributed by atoms with Crippen molar-refractivity contribution in [1.29, 1.82) is 0 Å². The van der Waals surface area contributed by atoms with Gasteiger partial charge in [-0.05, 0) is 0 Å². The summed E-state index contributed by atoms with van der Waals surface area (Å²) in [4.78, 5) is 21.6. The number of hydrogen-bond acceptors (Lipinski definition) is 1. The van der Waals surface area contributed by atoms with Crippen molar-refractivity contribution in [3.05, 3.63) is 0 Å². The molecule has 0 saturated heterocycles. The van der Waals surface area contributed by atoms with Crippen molar-refractivity contribution in [3.8, 4) is 0 Å². The molecule has 0 unspecified atom stereocenters. The molecule has 0 atom stereocenters. The Morgan fingerprint density at radius 1 is 1.14 bits per heavy atom. The first-order chi connectivity index (χ1) is 2.00. The van der Waals surface area contributed by atoms with Gasteiger partial charge >= 0.3 is 7.82 Å². The second-order valence-corrected chi connectivity index (χ2v) is 1.54. The summed E-state index contributed by atoms with van der Waals surface area (Å²) in [7, 11) is -4.64. The molecule has 0 aromatic heterocycles. The monoisotopic (exact) mass is 129 g/mol. The second-order valence-electron chi connectivity index (χ2n) is 0.513. The Morgan fingerprint density at radius 3 is 1.14 bits per heavy atom. The van der Waals surface area contributed by atoms with Crippen LogP contribution in [0.25, 0.3) is 0 Å². The first-order valence-electron chi connectivity index (χ1n) is 0.783. The summed E-state index contributed by atoms with van der Waals surface area (Å²) in [6, 6.07) is 0. The molecule has 4 nitrogen and oxygen atoms in total. The maximum atomic E-state index is 8.88. The molecular weight excluding hydrogens is 126 g/mol. The van der Waals surface area contributed by atoms with Crippen LogP contribution in [0.3, 0.4) is 0 Å². The third kappa shape index (κ3) is 103. The topological polar surface area (TPSA) is 77.8 Å². The van der Waals surface area contributed by atoms with E-state index in [1.807, 2.05) is 0 Å². The Labute approximate surface area is 68.9 Å². The van der Waals surface area contributed by atoms with E-state index in [4.69, 9.17) is 19.2 Å². The predicted octanol–water partition coefficient (Wildman–Crippen LogP) is -1.69. The molecule has 0 aromatic rings. The predicted molar refractivity (Wildman–Crippen MR) is 25.8 cm³/mol. The molecule has 35 valence electrons. The van der Waals surface area contributed by atoms with Gasteiger partial charge in [-0.3, -0.25) is 0 Å². The van der Waals surface area contributed by atoms with Gasteiger partial charge in [0, 0.05) is 41.9 Å². The van der Waals surface area contributed by atoms with Crippen molar-refractivity contribution in [3.63, 3.8) is 0 Å². The van der Waals surface area contributed by atoms with E-state index in [9.17, 15) is 0 Å². The van der Waals surface area contributed by atoms with Gasteiger partial charge in [-0.15, -0.1) is 0 Å². The summed E-state index contributed by atoms with van der Waals surface area (Å²) < 4.78 is 8.88. The van der Waals surface area contributed by atoms with Gasteiger partial charge in [-0.2, -0.15) is 0 Å². The van der Waals surface area contributed by atoms with Crippen LogP contribution >= 0.6 is 7.82 Å². The van der Waals surface area contributed by atoms with Crippen molar-refractivity contribution in [2.75, 3.05) is 0 Å². The van der Waals surface area contributed by atoms with Crippen LogP contribution in [-0.2, 0) is 4.57 Å². The Balaban J connectivity index is -0.0000000800. The molecule has 0 rings (SSSR count). The fourth-order valence-electron chi connectivity index (χ4n) is 0. The fourth-order valence-corrected chi connectivity index (χ4v) is 0. The standard InChI is InChI=1S/Li.Mg.H3O4P/c;;1-5(2,3)4/h;;(H3,1,2,3,4). The summed E-state index contributed by atoms with van der Waals surface area (Å²) in [6.45, 7) is 0. The second kappa shape index (κ2) is 5.61. The van der Waals surface area contributed by atoms with Gasteiger partial charge in [0.05, 0.1) is 0 Å². The largest absolute Gasteiger partial charge is 0.466 e. The van der Waals surface area contributed by atoms with E-state index in [1.54, 1.807) is 0 Å². The van der Waals surface area contributed by atoms with E-state index < -0.39 is 7.82 Å². The third-order valence-electron chi connectivity index (χ3n) is 0. The van der Waals surface area contributed by atoms with Crippen molar-refractivity contribution >= 4 is 49.7 Å². The van der Waals surface area contributed by atoms with Gasteiger partial charge in [0.25, 0.3) is 0 Å². The minimum Gasteiger partial charge on any atom is -0.303 e. The average Bonchev–Trinajstić information content (AvgIpc) is 0.722. The zero-order valence-corrected chi connectivity index (χ0v) is 6.21. The zero-order valence-electron chi connectivity index (χ0n) is 3.90. The molecule has 0 saturated carbocycles. The van der Waals surface area contributed by atoms with Crippen LogP contribution in [0.5, 0.6) is 0 Å². The van der Waals surface area contributed by atoms with Crippen LogP contribution in [-0.4, -0.2) is 56.6 Å². The summed E-state index contributed by atoms with van der Waals surface area (Å²) >= 11 is 0. The Bertz CT molecular complexity index is 57.8. The van der Waals surface area contributed by atoms with Crippen molar-refractivity contribution < 1.29 is 19.2 Å². The normalized spacial score (nSPS) is 8.43. The molecule has 0 amide bonds. The molecule has 7 heteroatoms. The molecule has 0 aliphatic rings. The summed E-state index contributed by atoms with van der Waals surface area (Å²) in [5, 5.41) is 0. The van der Waals surface area contributed by atoms with Crippen molar-refractivity contribution in [2.45, 2.75) is 0 Å². The van der Waals surface area contributed by atoms with E-state index in [2.05, 4.69) is 0 Å². The van der Waals surface area contributed by atoms with Crippen molar-refractivity contribution in [2.24, 2.45) is 0 Å². The molecule has 0 bridgehead atoms. The molecule has 0 aromatic carbocycles. The zero-order chi connectivity index (χ0) is 4.50. The van der Waals surface area contributed by atoms with Gasteiger partial charge in [0.1, 0.15) is 0 Å². The van der Waals surface area contributed by atoms with Gasteiger partial charge in [0.2, 0.25) is 0 Å². The van der Waals surface area contributed by atoms with Crippen LogP contribution in [0.15, 0.2) is 0 Å². The first-order valence-corrected chi connectivity index (χ1v) is 2.35. The summed E-state index contributed by atoms with van der Waals surface area (Å²) in [5.41, 5.74) is 0. The number of phosphoric acid groups is 1. The summed E-state index contributed by atoms with van der Waals surface area (Å²) in [6.07, 6.45) is 0. The van der Waals surface area contributed by atoms with E-state index in [0.29, 0.717) is 0 Å². The molecule has 0 heterocycles. The maximum Gasteiger partial charge on any atom is 0.466 e. The van der Waals surface area contributed by atoms with Crippen LogP contribution in [0.4, 0.5) is 0 Å². The van der Waals surface area contributed by atoms with E-state index >= 15 is 0 Å². The van der Waals surface area contributed by atoms with E-state index in [0.717, 1.165) is 0 Å². The number of hydrogen-bond donors (Lipinski definition) is 3. The smallest absolute Gasteiger partial charge is 0.303 e. The Hall–Kier alpha value is 1.47. The molecule has 0 aliphatic heterocycles. The molecule has 3 N–H and O–H groups in total. The van der Waals surface area contributed by atoms with Gasteiger partial charge in [-0.1, -0.05) is 0 Å². The summed E-state index contributed by atoms with van der Waals surface area (Å²) in [5.74, 6) is 0. The molecule has 0 aliphatic carbocycles. The van der Waals surface area contributed by atoms with Gasteiger partial charge < -0.3 is 14.7 Å². The Morgan fingerprint density at radius 2 is 1.14 bits per heavy atom. The van der Waals surface area contributed by atoms with E-state index in [1.165, 1.54) is 0 Å². The molecular formula is H3LiMgO4P. The van der Waals surface area contributed by atoms with Crippen LogP contribution in [0.1, 0.15) is 0 Å². The molecule has 0 spiro atoms. The quantitative estimate of drug-likeness (QED) is 0.269. The number of rotatable bonds is 0. The van der Waals surface area contributed by atoms with E-state index in [-0.39, 0.29) is 41.9 Å². The molecule has 0 fully saturated rings.